The quantitative estimate of drug-likeness (QED) is 0.178. The lowest BCUT2D eigenvalue weighted by molar-refractivity contribution is -0.127. The van der Waals surface area contributed by atoms with Crippen molar-refractivity contribution in [3.63, 3.8) is 0 Å². The summed E-state index contributed by atoms with van der Waals surface area (Å²) in [7, 11) is 0. The van der Waals surface area contributed by atoms with Crippen molar-refractivity contribution in [1.29, 1.82) is 0 Å². The number of nitrogens with zero attached hydrogens (tertiary/aromatic N) is 3. The van der Waals surface area contributed by atoms with Gasteiger partial charge in [-0.05, 0) is 67.7 Å². The van der Waals surface area contributed by atoms with E-state index in [1.54, 1.807) is 18.3 Å². The topological polar surface area (TPSA) is 54.9 Å². The van der Waals surface area contributed by atoms with Gasteiger partial charge in [0, 0.05) is 38.8 Å². The first kappa shape index (κ1) is 30.3. The summed E-state index contributed by atoms with van der Waals surface area (Å²) in [4.78, 5) is 21.5. The first-order valence-corrected chi connectivity index (χ1v) is 15.0. The molecule has 6 nitrogen and oxygen atoms in total. The molecule has 3 aromatic carbocycles. The number of carbonyl (C=O) groups excluding carboxylic acids is 1. The summed E-state index contributed by atoms with van der Waals surface area (Å²) in [6, 6.07) is 24.4. The molecule has 0 bridgehead atoms. The molecule has 0 unspecified atom stereocenters. The monoisotopic (exact) mass is 595 g/mol. The first-order valence-electron chi connectivity index (χ1n) is 14.7. The Morgan fingerprint density at radius 3 is 2.16 bits per heavy atom. The van der Waals surface area contributed by atoms with E-state index in [0.717, 1.165) is 49.4 Å². The van der Waals surface area contributed by atoms with Crippen molar-refractivity contribution in [1.82, 2.24) is 14.8 Å². The predicted octanol–water partition coefficient (Wildman–Crippen LogP) is 7.47. The van der Waals surface area contributed by atoms with Gasteiger partial charge in [-0.3, -0.25) is 9.69 Å². The fraction of sp³-hybridized carbons (Fsp3) is 0.278. The zero-order valence-corrected chi connectivity index (χ0v) is 25.8. The minimum atomic E-state index is 0.0510. The number of ether oxygens (including phenoxy) is 2. The number of benzene rings is 3. The van der Waals surface area contributed by atoms with Crippen molar-refractivity contribution in [2.75, 3.05) is 26.2 Å². The number of aromatic nitrogens is 1. The van der Waals surface area contributed by atoms with Crippen LogP contribution in [0.3, 0.4) is 0 Å². The standard InChI is InChI=1S/C36H38ClN3O3/c1-26-7-11-29(12-8-26)24-39-17-19-40(20-18-39)35(41)6-4-5-31-21-28(3)36(33(37)22-31)43-34-16-15-32(23-38-34)42-25-30-13-9-27(2)10-14-30/h4,6-16,21-23H,5,17-20,24-25H2,1-3H3. The molecule has 5 rings (SSSR count). The molecule has 1 aliphatic rings. The molecule has 1 fully saturated rings. The highest BCUT2D eigenvalue weighted by Crippen LogP contribution is 2.34. The Kier molecular flexibility index (Phi) is 10.1. The second-order valence-electron chi connectivity index (χ2n) is 11.1. The summed E-state index contributed by atoms with van der Waals surface area (Å²) < 4.78 is 11.9. The molecule has 0 radical (unpaired) electrons. The number of allylic oxidation sites excluding steroid dienone is 1. The fourth-order valence-electron chi connectivity index (χ4n) is 5.00. The molecule has 0 aliphatic carbocycles. The number of rotatable bonds is 10. The molecular formula is C36H38ClN3O3. The number of carbonyl (C=O) groups is 1. The average Bonchev–Trinajstić information content (AvgIpc) is 3.01. The second-order valence-corrected chi connectivity index (χ2v) is 11.5. The van der Waals surface area contributed by atoms with E-state index >= 15 is 0 Å². The van der Waals surface area contributed by atoms with Gasteiger partial charge in [-0.1, -0.05) is 83.4 Å². The number of hydrogen-bond donors (Lipinski definition) is 0. The van der Waals surface area contributed by atoms with Gasteiger partial charge < -0.3 is 14.4 Å². The normalized spacial score (nSPS) is 13.8. The highest BCUT2D eigenvalue weighted by atomic mass is 35.5. The third kappa shape index (κ3) is 8.69. The van der Waals surface area contributed by atoms with Crippen molar-refractivity contribution in [2.24, 2.45) is 0 Å². The van der Waals surface area contributed by atoms with E-state index in [-0.39, 0.29) is 5.91 Å². The summed E-state index contributed by atoms with van der Waals surface area (Å²) >= 11 is 6.61. The van der Waals surface area contributed by atoms with E-state index in [4.69, 9.17) is 21.1 Å². The Morgan fingerprint density at radius 2 is 1.53 bits per heavy atom. The minimum absolute atomic E-state index is 0.0510. The van der Waals surface area contributed by atoms with Gasteiger partial charge in [0.25, 0.3) is 0 Å². The molecule has 43 heavy (non-hydrogen) atoms. The first-order chi connectivity index (χ1) is 20.8. The van der Waals surface area contributed by atoms with E-state index in [1.807, 2.05) is 36.1 Å². The van der Waals surface area contributed by atoms with Crippen LogP contribution in [0.2, 0.25) is 5.02 Å². The minimum Gasteiger partial charge on any atom is -0.487 e. The van der Waals surface area contributed by atoms with Crippen LogP contribution in [0.15, 0.2) is 91.1 Å². The molecule has 2 heterocycles. The van der Waals surface area contributed by atoms with Gasteiger partial charge in [-0.25, -0.2) is 4.98 Å². The number of hydrogen-bond acceptors (Lipinski definition) is 5. The molecule has 0 atom stereocenters. The van der Waals surface area contributed by atoms with Crippen LogP contribution in [0.5, 0.6) is 17.4 Å². The lowest BCUT2D eigenvalue weighted by Crippen LogP contribution is -2.47. The van der Waals surface area contributed by atoms with E-state index in [1.165, 1.54) is 16.7 Å². The van der Waals surface area contributed by atoms with Gasteiger partial charge in [0.15, 0.2) is 5.75 Å². The Bertz CT molecular complexity index is 1520. The maximum atomic E-state index is 12.8. The van der Waals surface area contributed by atoms with Crippen LogP contribution in [-0.2, 0) is 24.4 Å². The maximum Gasteiger partial charge on any atom is 0.246 e. The molecule has 222 valence electrons. The molecule has 1 aliphatic heterocycles. The molecule has 0 N–H and O–H groups in total. The van der Waals surface area contributed by atoms with Gasteiger partial charge in [0.1, 0.15) is 12.4 Å². The maximum absolute atomic E-state index is 12.8. The molecule has 1 amide bonds. The van der Waals surface area contributed by atoms with Gasteiger partial charge in [-0.2, -0.15) is 0 Å². The van der Waals surface area contributed by atoms with Gasteiger partial charge in [0.2, 0.25) is 11.8 Å². The van der Waals surface area contributed by atoms with Crippen LogP contribution >= 0.6 is 11.6 Å². The average molecular weight is 596 g/mol. The zero-order chi connectivity index (χ0) is 30.2. The largest absolute Gasteiger partial charge is 0.487 e. The molecule has 0 spiro atoms. The van der Waals surface area contributed by atoms with E-state index in [0.29, 0.717) is 35.4 Å². The van der Waals surface area contributed by atoms with Gasteiger partial charge >= 0.3 is 0 Å². The summed E-state index contributed by atoms with van der Waals surface area (Å²) in [5, 5.41) is 0.501. The van der Waals surface area contributed by atoms with Crippen LogP contribution in [0.4, 0.5) is 0 Å². The van der Waals surface area contributed by atoms with Crippen molar-refractivity contribution < 1.29 is 14.3 Å². The molecule has 1 saturated heterocycles. The lowest BCUT2D eigenvalue weighted by atomic mass is 10.1. The van der Waals surface area contributed by atoms with Crippen LogP contribution in [-0.4, -0.2) is 46.9 Å². The van der Waals surface area contributed by atoms with E-state index in [9.17, 15) is 4.79 Å². The summed E-state index contributed by atoms with van der Waals surface area (Å²) in [5.74, 6) is 1.71. The van der Waals surface area contributed by atoms with Crippen molar-refractivity contribution in [3.05, 3.63) is 130 Å². The number of aryl methyl sites for hydroxylation is 3. The van der Waals surface area contributed by atoms with Crippen LogP contribution in [0.1, 0.15) is 33.4 Å². The lowest BCUT2D eigenvalue weighted by Gasteiger charge is -2.34. The van der Waals surface area contributed by atoms with E-state index in [2.05, 4.69) is 72.3 Å². The third-order valence-electron chi connectivity index (χ3n) is 7.56. The zero-order valence-electron chi connectivity index (χ0n) is 25.1. The summed E-state index contributed by atoms with van der Waals surface area (Å²) in [6.07, 6.45) is 5.83. The Hall–Kier alpha value is -4.13. The fourth-order valence-corrected chi connectivity index (χ4v) is 5.32. The van der Waals surface area contributed by atoms with E-state index < -0.39 is 0 Å². The molecular weight excluding hydrogens is 558 g/mol. The molecule has 7 heteroatoms. The van der Waals surface area contributed by atoms with Gasteiger partial charge in [0.05, 0.1) is 11.2 Å². The molecule has 0 saturated carbocycles. The van der Waals surface area contributed by atoms with Crippen LogP contribution in [0, 0.1) is 20.8 Å². The number of amides is 1. The van der Waals surface area contributed by atoms with Crippen LogP contribution in [0.25, 0.3) is 0 Å². The van der Waals surface area contributed by atoms with Crippen LogP contribution < -0.4 is 9.47 Å². The smallest absolute Gasteiger partial charge is 0.246 e. The highest BCUT2D eigenvalue weighted by Gasteiger charge is 2.19. The second kappa shape index (κ2) is 14.4. The van der Waals surface area contributed by atoms with Crippen molar-refractivity contribution >= 4 is 17.5 Å². The molecule has 4 aromatic rings. The summed E-state index contributed by atoms with van der Waals surface area (Å²) in [5.41, 5.74) is 6.80. The Labute approximate surface area is 259 Å². The number of halogens is 1. The third-order valence-corrected chi connectivity index (χ3v) is 7.84. The highest BCUT2D eigenvalue weighted by molar-refractivity contribution is 6.32. The SMILES string of the molecule is Cc1ccc(COc2ccc(Oc3c(C)cc(CC=CC(=O)N4CCN(Cc5ccc(C)cc5)CC4)cc3Cl)nc2)cc1. The predicted molar refractivity (Wildman–Crippen MR) is 172 cm³/mol. The van der Waals surface area contributed by atoms with Crippen molar-refractivity contribution in [2.45, 2.75) is 40.3 Å². The number of piperazine rings is 1. The Morgan fingerprint density at radius 1 is 0.860 bits per heavy atom. The summed E-state index contributed by atoms with van der Waals surface area (Å²) in [6.45, 7) is 10.7. The number of pyridine rings is 1. The molecule has 1 aromatic heterocycles. The Balaban J connectivity index is 1.09. The van der Waals surface area contributed by atoms with Gasteiger partial charge in [-0.15, -0.1) is 0 Å². The van der Waals surface area contributed by atoms with Crippen molar-refractivity contribution in [3.8, 4) is 17.4 Å².